The SMILES string of the molecule is CCn1c(-c2ccc3c(c2)OCCO3)cnc1SCC(=O)c1ccc2c(c1)OCO2. The van der Waals surface area contributed by atoms with Crippen molar-refractivity contribution in [2.45, 2.75) is 18.6 Å². The first-order chi connectivity index (χ1) is 14.7. The van der Waals surface area contributed by atoms with E-state index in [0.29, 0.717) is 30.3 Å². The van der Waals surface area contributed by atoms with Gasteiger partial charge < -0.3 is 23.5 Å². The highest BCUT2D eigenvalue weighted by molar-refractivity contribution is 7.99. The van der Waals surface area contributed by atoms with Gasteiger partial charge in [0, 0.05) is 17.7 Å². The van der Waals surface area contributed by atoms with Crippen LogP contribution >= 0.6 is 11.8 Å². The monoisotopic (exact) mass is 424 g/mol. The molecule has 0 fully saturated rings. The Kier molecular flexibility index (Phi) is 5.00. The molecule has 0 radical (unpaired) electrons. The van der Waals surface area contributed by atoms with Crippen molar-refractivity contribution >= 4 is 17.5 Å². The zero-order chi connectivity index (χ0) is 20.5. The van der Waals surface area contributed by atoms with E-state index in [9.17, 15) is 4.79 Å². The lowest BCUT2D eigenvalue weighted by Gasteiger charge is -2.19. The molecule has 3 aromatic rings. The number of fused-ring (bicyclic) bond motifs is 2. The van der Waals surface area contributed by atoms with Gasteiger partial charge in [-0.3, -0.25) is 4.79 Å². The maximum Gasteiger partial charge on any atom is 0.231 e. The second-order valence-electron chi connectivity index (χ2n) is 6.81. The number of rotatable bonds is 6. The fourth-order valence-corrected chi connectivity index (χ4v) is 4.43. The van der Waals surface area contributed by atoms with Gasteiger partial charge in [-0.2, -0.15) is 0 Å². The van der Waals surface area contributed by atoms with Crippen LogP contribution in [0.4, 0.5) is 0 Å². The minimum absolute atomic E-state index is 0.0184. The number of hydrogen-bond acceptors (Lipinski definition) is 7. The summed E-state index contributed by atoms with van der Waals surface area (Å²) in [6.45, 7) is 4.11. The average molecular weight is 424 g/mol. The summed E-state index contributed by atoms with van der Waals surface area (Å²) < 4.78 is 24.1. The molecule has 3 heterocycles. The highest BCUT2D eigenvalue weighted by atomic mass is 32.2. The summed E-state index contributed by atoms with van der Waals surface area (Å²) >= 11 is 1.43. The Balaban J connectivity index is 1.33. The van der Waals surface area contributed by atoms with Crippen molar-refractivity contribution in [1.82, 2.24) is 9.55 Å². The summed E-state index contributed by atoms with van der Waals surface area (Å²) in [6, 6.07) is 11.2. The van der Waals surface area contributed by atoms with Crippen molar-refractivity contribution < 1.29 is 23.7 Å². The number of hydrogen-bond donors (Lipinski definition) is 0. The van der Waals surface area contributed by atoms with Crippen LogP contribution in [0.1, 0.15) is 17.3 Å². The Labute approximate surface area is 177 Å². The molecule has 2 aliphatic rings. The van der Waals surface area contributed by atoms with Crippen LogP contribution in [0.2, 0.25) is 0 Å². The first kappa shape index (κ1) is 18.9. The van der Waals surface area contributed by atoms with Crippen molar-refractivity contribution in [2.24, 2.45) is 0 Å². The van der Waals surface area contributed by atoms with Gasteiger partial charge in [-0.25, -0.2) is 4.98 Å². The largest absolute Gasteiger partial charge is 0.486 e. The molecule has 2 aliphatic heterocycles. The van der Waals surface area contributed by atoms with Gasteiger partial charge in [0.25, 0.3) is 0 Å². The molecule has 0 atom stereocenters. The van der Waals surface area contributed by atoms with Gasteiger partial charge >= 0.3 is 0 Å². The van der Waals surface area contributed by atoms with Crippen LogP contribution in [0.5, 0.6) is 23.0 Å². The average Bonchev–Trinajstić information content (AvgIpc) is 3.43. The van der Waals surface area contributed by atoms with Crippen LogP contribution in [0.25, 0.3) is 11.3 Å². The van der Waals surface area contributed by atoms with Gasteiger partial charge in [0.05, 0.1) is 17.6 Å². The number of ketones is 1. The van der Waals surface area contributed by atoms with Crippen LogP contribution in [0, 0.1) is 0 Å². The molecule has 154 valence electrons. The maximum atomic E-state index is 12.7. The zero-order valence-corrected chi connectivity index (χ0v) is 17.2. The molecule has 8 heteroatoms. The van der Waals surface area contributed by atoms with E-state index in [1.807, 2.05) is 24.4 Å². The number of nitrogens with zero attached hydrogens (tertiary/aromatic N) is 2. The van der Waals surface area contributed by atoms with E-state index in [1.54, 1.807) is 18.2 Å². The van der Waals surface area contributed by atoms with E-state index in [1.165, 1.54) is 11.8 Å². The molecule has 1 aromatic heterocycles. The van der Waals surface area contributed by atoms with Crippen LogP contribution in [-0.4, -0.2) is 41.1 Å². The normalized spacial score (nSPS) is 14.0. The Morgan fingerprint density at radius 3 is 2.60 bits per heavy atom. The van der Waals surface area contributed by atoms with Crippen molar-refractivity contribution in [1.29, 1.82) is 0 Å². The van der Waals surface area contributed by atoms with Crippen molar-refractivity contribution in [3.63, 3.8) is 0 Å². The third kappa shape index (κ3) is 3.47. The number of Topliss-reactive ketones (excluding diaryl/α,β-unsaturated/α-hetero) is 1. The summed E-state index contributed by atoms with van der Waals surface area (Å²) in [5.74, 6) is 3.10. The first-order valence-electron chi connectivity index (χ1n) is 9.74. The first-order valence-corrected chi connectivity index (χ1v) is 10.7. The number of carbonyl (C=O) groups excluding carboxylic acids is 1. The van der Waals surface area contributed by atoms with E-state index < -0.39 is 0 Å². The summed E-state index contributed by atoms with van der Waals surface area (Å²) in [6.07, 6.45) is 1.84. The second kappa shape index (κ2) is 7.95. The summed E-state index contributed by atoms with van der Waals surface area (Å²) in [5, 5.41) is 0.802. The highest BCUT2D eigenvalue weighted by Gasteiger charge is 2.19. The van der Waals surface area contributed by atoms with Crippen molar-refractivity contribution in [2.75, 3.05) is 25.8 Å². The Morgan fingerprint density at radius 2 is 1.73 bits per heavy atom. The van der Waals surface area contributed by atoms with E-state index in [2.05, 4.69) is 16.5 Å². The predicted octanol–water partition coefficient (Wildman–Crippen LogP) is 4.04. The molecule has 0 spiro atoms. The second-order valence-corrected chi connectivity index (χ2v) is 7.75. The van der Waals surface area contributed by atoms with Gasteiger partial charge in [0.2, 0.25) is 6.79 Å². The minimum Gasteiger partial charge on any atom is -0.486 e. The molecule has 0 bridgehead atoms. The number of imidazole rings is 1. The summed E-state index contributed by atoms with van der Waals surface area (Å²) in [4.78, 5) is 17.2. The number of ether oxygens (including phenoxy) is 4. The van der Waals surface area contributed by atoms with Gasteiger partial charge in [-0.1, -0.05) is 11.8 Å². The molecule has 2 aromatic carbocycles. The lowest BCUT2D eigenvalue weighted by atomic mass is 10.1. The van der Waals surface area contributed by atoms with Crippen molar-refractivity contribution in [3.05, 3.63) is 48.2 Å². The fourth-order valence-electron chi connectivity index (χ4n) is 3.50. The molecule has 5 rings (SSSR count). The van der Waals surface area contributed by atoms with Crippen LogP contribution in [0.15, 0.2) is 47.8 Å². The maximum absolute atomic E-state index is 12.7. The Bertz CT molecular complexity index is 1110. The highest BCUT2D eigenvalue weighted by Crippen LogP contribution is 2.36. The van der Waals surface area contributed by atoms with Crippen molar-refractivity contribution in [3.8, 4) is 34.3 Å². The molecular formula is C22H20N2O5S. The molecule has 0 N–H and O–H groups in total. The zero-order valence-electron chi connectivity index (χ0n) is 16.4. The van der Waals surface area contributed by atoms with E-state index in [0.717, 1.165) is 34.5 Å². The smallest absolute Gasteiger partial charge is 0.231 e. The molecular weight excluding hydrogens is 404 g/mol. The quantitative estimate of drug-likeness (QED) is 0.437. The number of carbonyl (C=O) groups is 1. The molecule has 0 saturated carbocycles. The van der Waals surface area contributed by atoms with Gasteiger partial charge in [0.1, 0.15) is 13.2 Å². The molecule has 0 unspecified atom stereocenters. The fraction of sp³-hybridized carbons (Fsp3) is 0.273. The number of benzene rings is 2. The third-order valence-electron chi connectivity index (χ3n) is 5.00. The number of thioether (sulfide) groups is 1. The van der Waals surface area contributed by atoms with Gasteiger partial charge in [0.15, 0.2) is 33.9 Å². The summed E-state index contributed by atoms with van der Waals surface area (Å²) in [7, 11) is 0. The molecule has 30 heavy (non-hydrogen) atoms. The summed E-state index contributed by atoms with van der Waals surface area (Å²) in [5.41, 5.74) is 2.59. The van der Waals surface area contributed by atoms with E-state index >= 15 is 0 Å². The minimum atomic E-state index is 0.0184. The standard InChI is InChI=1S/C22H20N2O5S/c1-2-24-16(14-3-5-18-20(9-14)27-8-7-26-18)11-23-22(24)30-12-17(25)15-4-6-19-21(10-15)29-13-28-19/h3-6,9-11H,2,7-8,12-13H2,1H3. The van der Waals surface area contributed by atoms with Crippen LogP contribution in [0.3, 0.4) is 0 Å². The molecule has 0 saturated heterocycles. The molecule has 0 amide bonds. The Hall–Kier alpha value is -3.13. The molecule has 0 aliphatic carbocycles. The predicted molar refractivity (Wildman–Crippen MR) is 112 cm³/mol. The van der Waals surface area contributed by atoms with E-state index in [4.69, 9.17) is 18.9 Å². The third-order valence-corrected chi connectivity index (χ3v) is 5.99. The lowest BCUT2D eigenvalue weighted by molar-refractivity contribution is 0.102. The lowest BCUT2D eigenvalue weighted by Crippen LogP contribution is -2.15. The van der Waals surface area contributed by atoms with E-state index in [-0.39, 0.29) is 18.3 Å². The number of aromatic nitrogens is 2. The van der Waals surface area contributed by atoms with Crippen LogP contribution < -0.4 is 18.9 Å². The molecule has 7 nitrogen and oxygen atoms in total. The topological polar surface area (TPSA) is 71.8 Å². The van der Waals surface area contributed by atoms with Gasteiger partial charge in [-0.05, 0) is 43.3 Å². The van der Waals surface area contributed by atoms with Gasteiger partial charge in [-0.15, -0.1) is 0 Å². The Morgan fingerprint density at radius 1 is 1.00 bits per heavy atom. The van der Waals surface area contributed by atoms with Crippen LogP contribution in [-0.2, 0) is 6.54 Å².